The van der Waals surface area contributed by atoms with Gasteiger partial charge in [0.1, 0.15) is 6.10 Å². The van der Waals surface area contributed by atoms with E-state index in [-0.39, 0.29) is 11.5 Å². The van der Waals surface area contributed by atoms with E-state index in [1.807, 2.05) is 6.92 Å². The largest absolute Gasteiger partial charge is 0.367 e. The Balaban J connectivity index is 2.12. The monoisotopic (exact) mass is 282 g/mol. The van der Waals surface area contributed by atoms with Crippen LogP contribution in [0.2, 0.25) is 0 Å². The van der Waals surface area contributed by atoms with E-state index in [2.05, 4.69) is 35.8 Å². The van der Waals surface area contributed by atoms with E-state index in [0.29, 0.717) is 30.9 Å². The van der Waals surface area contributed by atoms with Gasteiger partial charge in [-0.25, -0.2) is 0 Å². The van der Waals surface area contributed by atoms with E-state index in [1.54, 1.807) is 0 Å². The molecule has 2 heterocycles. The molecule has 2 atom stereocenters. The van der Waals surface area contributed by atoms with Gasteiger partial charge in [-0.15, -0.1) is 0 Å². The number of morpholine rings is 1. The Bertz CT molecular complexity index is 429. The number of ether oxygens (including phenoxy) is 1. The molecular weight excluding hydrogens is 256 g/mol. The van der Waals surface area contributed by atoms with Crippen LogP contribution in [0.15, 0.2) is 4.52 Å². The highest BCUT2D eigenvalue weighted by Crippen LogP contribution is 2.27. The van der Waals surface area contributed by atoms with Crippen LogP contribution in [0.4, 0.5) is 0 Å². The van der Waals surface area contributed by atoms with Gasteiger partial charge in [-0.05, 0) is 27.2 Å². The van der Waals surface area contributed by atoms with E-state index in [4.69, 9.17) is 15.0 Å². The molecule has 0 bridgehead atoms. The number of nitrogens with zero attached hydrogens (tertiary/aromatic N) is 3. The van der Waals surface area contributed by atoms with E-state index >= 15 is 0 Å². The summed E-state index contributed by atoms with van der Waals surface area (Å²) < 4.78 is 11.2. The molecule has 0 aliphatic carbocycles. The van der Waals surface area contributed by atoms with Crippen molar-refractivity contribution in [3.05, 3.63) is 11.7 Å². The first-order valence-corrected chi connectivity index (χ1v) is 7.40. The molecule has 1 aromatic rings. The summed E-state index contributed by atoms with van der Waals surface area (Å²) >= 11 is 0. The van der Waals surface area contributed by atoms with Gasteiger partial charge < -0.3 is 15.0 Å². The molecule has 2 N–H and O–H groups in total. The Labute approximate surface area is 120 Å². The molecule has 1 saturated heterocycles. The summed E-state index contributed by atoms with van der Waals surface area (Å²) in [4.78, 5) is 6.90. The predicted octanol–water partition coefficient (Wildman–Crippen LogP) is 1.48. The summed E-state index contributed by atoms with van der Waals surface area (Å²) in [5, 5.41) is 4.10. The first-order chi connectivity index (χ1) is 9.50. The number of hydrogen-bond acceptors (Lipinski definition) is 6. The fourth-order valence-corrected chi connectivity index (χ4v) is 2.29. The molecule has 6 nitrogen and oxygen atoms in total. The van der Waals surface area contributed by atoms with Crippen LogP contribution in [0.1, 0.15) is 51.9 Å². The average molecular weight is 282 g/mol. The molecule has 1 aliphatic rings. The van der Waals surface area contributed by atoms with Gasteiger partial charge in [-0.3, -0.25) is 4.90 Å². The Kier molecular flexibility index (Phi) is 4.78. The molecule has 0 radical (unpaired) electrons. The van der Waals surface area contributed by atoms with Gasteiger partial charge >= 0.3 is 0 Å². The van der Waals surface area contributed by atoms with Gasteiger partial charge in [-0.1, -0.05) is 12.1 Å². The van der Waals surface area contributed by atoms with Crippen LogP contribution in [0.5, 0.6) is 0 Å². The maximum atomic E-state index is 5.83. The standard InChI is InChI=1S/C14H26N4O2/c1-5-14(4,9-15)13-16-12(17-20-13)11-8-18(10(2)3)6-7-19-11/h10-11H,5-9,15H2,1-4H3. The van der Waals surface area contributed by atoms with Crippen LogP contribution in [-0.2, 0) is 10.2 Å². The van der Waals surface area contributed by atoms with Crippen LogP contribution in [0, 0.1) is 0 Å². The molecule has 2 unspecified atom stereocenters. The lowest BCUT2D eigenvalue weighted by atomic mass is 9.88. The van der Waals surface area contributed by atoms with Crippen LogP contribution >= 0.6 is 0 Å². The molecule has 2 rings (SSSR count). The highest BCUT2D eigenvalue weighted by Gasteiger charge is 2.33. The lowest BCUT2D eigenvalue weighted by Gasteiger charge is -2.34. The molecule has 1 aliphatic heterocycles. The van der Waals surface area contributed by atoms with Crippen molar-refractivity contribution in [3.8, 4) is 0 Å². The molecule has 1 aromatic heterocycles. The first kappa shape index (κ1) is 15.4. The minimum Gasteiger partial charge on any atom is -0.367 e. The smallest absolute Gasteiger partial charge is 0.233 e. The molecular formula is C14H26N4O2. The molecule has 1 fully saturated rings. The minimum atomic E-state index is -0.252. The van der Waals surface area contributed by atoms with Gasteiger partial charge in [0.15, 0.2) is 0 Å². The zero-order valence-electron chi connectivity index (χ0n) is 12.9. The third-order valence-corrected chi connectivity index (χ3v) is 4.31. The summed E-state index contributed by atoms with van der Waals surface area (Å²) in [6, 6.07) is 0.498. The summed E-state index contributed by atoms with van der Waals surface area (Å²) in [7, 11) is 0. The SMILES string of the molecule is CCC(C)(CN)c1nc(C2CN(C(C)C)CCO2)no1. The van der Waals surface area contributed by atoms with Crippen LogP contribution in [-0.4, -0.2) is 47.3 Å². The Morgan fingerprint density at radius 2 is 2.25 bits per heavy atom. The highest BCUT2D eigenvalue weighted by molar-refractivity contribution is 5.05. The average Bonchev–Trinajstić information content (AvgIpc) is 2.97. The molecule has 0 amide bonds. The van der Waals surface area contributed by atoms with E-state index in [0.717, 1.165) is 19.5 Å². The van der Waals surface area contributed by atoms with Crippen molar-refractivity contribution < 1.29 is 9.26 Å². The second-order valence-electron chi connectivity index (χ2n) is 6.02. The zero-order valence-corrected chi connectivity index (χ0v) is 12.9. The zero-order chi connectivity index (χ0) is 14.8. The third kappa shape index (κ3) is 3.02. The normalized spacial score (nSPS) is 24.0. The van der Waals surface area contributed by atoms with Crippen molar-refractivity contribution >= 4 is 0 Å². The van der Waals surface area contributed by atoms with Crippen LogP contribution in [0.25, 0.3) is 0 Å². The second-order valence-corrected chi connectivity index (χ2v) is 6.02. The van der Waals surface area contributed by atoms with Gasteiger partial charge in [0.25, 0.3) is 0 Å². The van der Waals surface area contributed by atoms with E-state index in [9.17, 15) is 0 Å². The van der Waals surface area contributed by atoms with Crippen LogP contribution < -0.4 is 5.73 Å². The van der Waals surface area contributed by atoms with Gasteiger partial charge in [0.2, 0.25) is 11.7 Å². The van der Waals surface area contributed by atoms with Gasteiger partial charge in [0.05, 0.1) is 12.0 Å². The fourth-order valence-electron chi connectivity index (χ4n) is 2.29. The van der Waals surface area contributed by atoms with Gasteiger partial charge in [0, 0.05) is 25.7 Å². The summed E-state index contributed by atoms with van der Waals surface area (Å²) in [5.74, 6) is 1.25. The van der Waals surface area contributed by atoms with Crippen LogP contribution in [0.3, 0.4) is 0 Å². The van der Waals surface area contributed by atoms with Crippen molar-refractivity contribution in [2.75, 3.05) is 26.2 Å². The third-order valence-electron chi connectivity index (χ3n) is 4.31. The maximum Gasteiger partial charge on any atom is 0.233 e. The molecule has 20 heavy (non-hydrogen) atoms. The maximum absolute atomic E-state index is 5.83. The fraction of sp³-hybridized carbons (Fsp3) is 0.857. The number of aromatic nitrogens is 2. The first-order valence-electron chi connectivity index (χ1n) is 7.40. The molecule has 0 saturated carbocycles. The summed E-state index contributed by atoms with van der Waals surface area (Å²) in [6.45, 7) is 11.5. The van der Waals surface area contributed by atoms with Crippen molar-refractivity contribution in [1.82, 2.24) is 15.0 Å². The molecule has 114 valence electrons. The quantitative estimate of drug-likeness (QED) is 0.881. The van der Waals surface area contributed by atoms with Crippen molar-refractivity contribution in [2.45, 2.75) is 51.7 Å². The number of rotatable bonds is 5. The van der Waals surface area contributed by atoms with Crippen molar-refractivity contribution in [2.24, 2.45) is 5.73 Å². The topological polar surface area (TPSA) is 77.4 Å². The van der Waals surface area contributed by atoms with E-state index < -0.39 is 0 Å². The number of hydrogen-bond donors (Lipinski definition) is 1. The summed E-state index contributed by atoms with van der Waals surface area (Å²) in [6.07, 6.45) is 0.761. The summed E-state index contributed by atoms with van der Waals surface area (Å²) in [5.41, 5.74) is 5.58. The Hall–Kier alpha value is -0.980. The molecule has 0 spiro atoms. The van der Waals surface area contributed by atoms with E-state index in [1.165, 1.54) is 0 Å². The second kappa shape index (κ2) is 6.20. The minimum absolute atomic E-state index is 0.109. The lowest BCUT2D eigenvalue weighted by Crippen LogP contribution is -2.42. The van der Waals surface area contributed by atoms with Crippen molar-refractivity contribution in [1.29, 1.82) is 0 Å². The highest BCUT2D eigenvalue weighted by atomic mass is 16.5. The Morgan fingerprint density at radius 1 is 1.50 bits per heavy atom. The van der Waals surface area contributed by atoms with Crippen molar-refractivity contribution in [3.63, 3.8) is 0 Å². The molecule has 6 heteroatoms. The lowest BCUT2D eigenvalue weighted by molar-refractivity contribution is -0.0450. The predicted molar refractivity (Wildman–Crippen MR) is 76.4 cm³/mol. The number of nitrogens with two attached hydrogens (primary N) is 1. The van der Waals surface area contributed by atoms with Gasteiger partial charge in [-0.2, -0.15) is 4.98 Å². The Morgan fingerprint density at radius 3 is 2.85 bits per heavy atom. The molecule has 0 aromatic carbocycles.